The predicted molar refractivity (Wildman–Crippen MR) is 118 cm³/mol. The van der Waals surface area contributed by atoms with E-state index in [2.05, 4.69) is 19.2 Å². The summed E-state index contributed by atoms with van der Waals surface area (Å²) in [5.41, 5.74) is 1.39. The molecule has 1 unspecified atom stereocenters. The van der Waals surface area contributed by atoms with Crippen molar-refractivity contribution in [3.63, 3.8) is 0 Å². The zero-order valence-corrected chi connectivity index (χ0v) is 18.8. The number of carbonyl (C=O) groups excluding carboxylic acids is 1. The van der Waals surface area contributed by atoms with Crippen molar-refractivity contribution in [1.82, 2.24) is 5.32 Å². The molecule has 1 atom stereocenters. The molecular weight excluding hydrogens is 398 g/mol. The van der Waals surface area contributed by atoms with Gasteiger partial charge in [-0.2, -0.15) is 0 Å². The van der Waals surface area contributed by atoms with Gasteiger partial charge in [0.2, 0.25) is 5.75 Å². The molecule has 2 aromatic carbocycles. The van der Waals surface area contributed by atoms with Gasteiger partial charge in [0.1, 0.15) is 13.2 Å². The predicted octanol–water partition coefficient (Wildman–Crippen LogP) is 4.39. The summed E-state index contributed by atoms with van der Waals surface area (Å²) >= 11 is 0. The first-order chi connectivity index (χ1) is 15.0. The number of benzene rings is 2. The average molecular weight is 430 g/mol. The highest BCUT2D eigenvalue weighted by molar-refractivity contribution is 5.96. The maximum absolute atomic E-state index is 13.1. The molecule has 0 aliphatic carbocycles. The van der Waals surface area contributed by atoms with Crippen molar-refractivity contribution in [3.8, 4) is 28.7 Å². The Kier molecular flexibility index (Phi) is 7.50. The Bertz CT molecular complexity index is 894. The second kappa shape index (κ2) is 10.3. The third-order valence-corrected chi connectivity index (χ3v) is 4.97. The number of carbonyl (C=O) groups is 1. The molecule has 0 bridgehead atoms. The SMILES string of the molecule is CCOc1ccc(C(NC(=O)c2cc(OC)c3c(c2)OCCO3)C(C)C)cc1OCC. The molecule has 1 N–H and O–H groups in total. The number of hydrogen-bond donors (Lipinski definition) is 1. The van der Waals surface area contributed by atoms with Crippen molar-refractivity contribution < 1.29 is 28.5 Å². The van der Waals surface area contributed by atoms with Crippen molar-refractivity contribution in [2.24, 2.45) is 5.92 Å². The molecule has 0 saturated carbocycles. The maximum Gasteiger partial charge on any atom is 0.252 e. The van der Waals surface area contributed by atoms with Crippen LogP contribution < -0.4 is 29.0 Å². The van der Waals surface area contributed by atoms with Gasteiger partial charge >= 0.3 is 0 Å². The Hall–Kier alpha value is -3.09. The van der Waals surface area contributed by atoms with E-state index in [9.17, 15) is 4.79 Å². The van der Waals surface area contributed by atoms with Crippen LogP contribution in [-0.4, -0.2) is 39.4 Å². The molecule has 0 saturated heterocycles. The molecule has 0 fully saturated rings. The minimum Gasteiger partial charge on any atom is -0.493 e. The number of nitrogens with one attached hydrogen (secondary N) is 1. The molecule has 7 heteroatoms. The van der Waals surface area contributed by atoms with Crippen LogP contribution in [0.5, 0.6) is 28.7 Å². The van der Waals surface area contributed by atoms with Gasteiger partial charge in [-0.15, -0.1) is 0 Å². The first-order valence-corrected chi connectivity index (χ1v) is 10.7. The normalized spacial score (nSPS) is 13.5. The van der Waals surface area contributed by atoms with Crippen molar-refractivity contribution in [1.29, 1.82) is 0 Å². The van der Waals surface area contributed by atoms with Crippen LogP contribution in [0.4, 0.5) is 0 Å². The smallest absolute Gasteiger partial charge is 0.252 e. The van der Waals surface area contributed by atoms with Crippen LogP contribution in [0.3, 0.4) is 0 Å². The standard InChI is InChI=1S/C24H31NO6/c1-6-28-18-9-8-16(12-19(18)29-7-2)22(15(3)4)25-24(26)17-13-20(27-5)23-21(14-17)30-10-11-31-23/h8-9,12-15,22H,6-7,10-11H2,1-5H3,(H,25,26). The van der Waals surface area contributed by atoms with Crippen LogP contribution in [0.25, 0.3) is 0 Å². The van der Waals surface area contributed by atoms with E-state index in [-0.39, 0.29) is 17.9 Å². The van der Waals surface area contributed by atoms with E-state index < -0.39 is 0 Å². The molecule has 1 aliphatic heterocycles. The lowest BCUT2D eigenvalue weighted by Gasteiger charge is -2.25. The van der Waals surface area contributed by atoms with Crippen molar-refractivity contribution in [2.75, 3.05) is 33.5 Å². The lowest BCUT2D eigenvalue weighted by Crippen LogP contribution is -2.32. The van der Waals surface area contributed by atoms with Crippen LogP contribution in [0.15, 0.2) is 30.3 Å². The second-order valence-corrected chi connectivity index (χ2v) is 7.47. The van der Waals surface area contributed by atoms with Crippen LogP contribution in [0, 0.1) is 5.92 Å². The molecular formula is C24H31NO6. The molecule has 1 heterocycles. The summed E-state index contributed by atoms with van der Waals surface area (Å²) in [6.07, 6.45) is 0. The Morgan fingerprint density at radius 3 is 2.39 bits per heavy atom. The zero-order chi connectivity index (χ0) is 22.4. The molecule has 0 aromatic heterocycles. The van der Waals surface area contributed by atoms with E-state index in [1.165, 1.54) is 0 Å². The third kappa shape index (κ3) is 5.16. The highest BCUT2D eigenvalue weighted by Gasteiger charge is 2.24. The molecule has 1 amide bonds. The Morgan fingerprint density at radius 1 is 1.00 bits per heavy atom. The highest BCUT2D eigenvalue weighted by atomic mass is 16.6. The number of amides is 1. The summed E-state index contributed by atoms with van der Waals surface area (Å²) in [5.74, 6) is 2.80. The van der Waals surface area contributed by atoms with Gasteiger partial charge < -0.3 is 29.0 Å². The minimum atomic E-state index is -0.221. The maximum atomic E-state index is 13.1. The van der Waals surface area contributed by atoms with Crippen molar-refractivity contribution in [3.05, 3.63) is 41.5 Å². The van der Waals surface area contributed by atoms with Gasteiger partial charge in [-0.25, -0.2) is 0 Å². The first kappa shape index (κ1) is 22.6. The van der Waals surface area contributed by atoms with E-state index in [1.807, 2.05) is 32.0 Å². The second-order valence-electron chi connectivity index (χ2n) is 7.47. The lowest BCUT2D eigenvalue weighted by molar-refractivity contribution is 0.0923. The quantitative estimate of drug-likeness (QED) is 0.637. The van der Waals surface area contributed by atoms with Gasteiger partial charge in [-0.05, 0) is 49.6 Å². The van der Waals surface area contributed by atoms with E-state index in [0.29, 0.717) is 60.7 Å². The molecule has 1 aliphatic rings. The average Bonchev–Trinajstić information content (AvgIpc) is 2.77. The molecule has 168 valence electrons. The van der Waals surface area contributed by atoms with Crippen molar-refractivity contribution in [2.45, 2.75) is 33.7 Å². The minimum absolute atomic E-state index is 0.149. The number of rotatable bonds is 9. The third-order valence-electron chi connectivity index (χ3n) is 4.97. The van der Waals surface area contributed by atoms with Gasteiger partial charge in [0.05, 0.1) is 26.4 Å². The van der Waals surface area contributed by atoms with Gasteiger partial charge in [-0.1, -0.05) is 19.9 Å². The molecule has 3 rings (SSSR count). The topological polar surface area (TPSA) is 75.3 Å². The van der Waals surface area contributed by atoms with Crippen LogP contribution in [0.2, 0.25) is 0 Å². The molecule has 2 aromatic rings. The largest absolute Gasteiger partial charge is 0.493 e. The molecule has 0 radical (unpaired) electrons. The number of hydrogen-bond acceptors (Lipinski definition) is 6. The molecule has 7 nitrogen and oxygen atoms in total. The monoisotopic (exact) mass is 429 g/mol. The van der Waals surface area contributed by atoms with Crippen LogP contribution in [-0.2, 0) is 0 Å². The summed E-state index contributed by atoms with van der Waals surface area (Å²) in [6, 6.07) is 8.92. The number of ether oxygens (including phenoxy) is 5. The summed E-state index contributed by atoms with van der Waals surface area (Å²) in [7, 11) is 1.54. The van der Waals surface area contributed by atoms with E-state index in [1.54, 1.807) is 19.2 Å². The summed E-state index contributed by atoms with van der Waals surface area (Å²) in [5, 5.41) is 3.14. The van der Waals surface area contributed by atoms with Gasteiger partial charge in [0.15, 0.2) is 23.0 Å². The zero-order valence-electron chi connectivity index (χ0n) is 18.8. The fraction of sp³-hybridized carbons (Fsp3) is 0.458. The summed E-state index contributed by atoms with van der Waals surface area (Å²) in [6.45, 7) is 9.95. The van der Waals surface area contributed by atoms with Gasteiger partial charge in [-0.3, -0.25) is 4.79 Å². The van der Waals surface area contributed by atoms with E-state index >= 15 is 0 Å². The highest BCUT2D eigenvalue weighted by Crippen LogP contribution is 2.40. The fourth-order valence-electron chi connectivity index (χ4n) is 3.52. The van der Waals surface area contributed by atoms with Crippen molar-refractivity contribution >= 4 is 5.91 Å². The fourth-order valence-corrected chi connectivity index (χ4v) is 3.52. The van der Waals surface area contributed by atoms with Crippen LogP contribution >= 0.6 is 0 Å². The van der Waals surface area contributed by atoms with E-state index in [4.69, 9.17) is 23.7 Å². The van der Waals surface area contributed by atoms with Crippen LogP contribution in [0.1, 0.15) is 49.7 Å². The molecule has 0 spiro atoms. The Morgan fingerprint density at radius 2 is 1.71 bits per heavy atom. The van der Waals surface area contributed by atoms with E-state index in [0.717, 1.165) is 5.56 Å². The van der Waals surface area contributed by atoms with Gasteiger partial charge in [0.25, 0.3) is 5.91 Å². The lowest BCUT2D eigenvalue weighted by atomic mass is 9.95. The van der Waals surface area contributed by atoms with Gasteiger partial charge in [0, 0.05) is 5.56 Å². The molecule has 31 heavy (non-hydrogen) atoms. The first-order valence-electron chi connectivity index (χ1n) is 10.7. The summed E-state index contributed by atoms with van der Waals surface area (Å²) in [4.78, 5) is 13.1. The Balaban J connectivity index is 1.88. The number of methoxy groups -OCH3 is 1. The number of fused-ring (bicyclic) bond motifs is 1. The summed E-state index contributed by atoms with van der Waals surface area (Å²) < 4.78 is 28.1. The Labute approximate surface area is 183 Å².